The number of pyridine rings is 1. The Bertz CT molecular complexity index is 1130. The standard InChI is InChI=1S/C26H32N4O3/c1-17(31)28-24-12-11-18(16-27-24)22-13-20(19-14-25(2,3)33-26(4,5)15-19)29-30(22)21-9-7-8-10-23(21)32-6/h7-13,16,19H,14-15H2,1-6H3,(H,27,28,31). The van der Waals surface area contributed by atoms with E-state index in [2.05, 4.69) is 44.1 Å². The van der Waals surface area contributed by atoms with Crippen LogP contribution in [0.4, 0.5) is 5.82 Å². The molecule has 7 nitrogen and oxygen atoms in total. The van der Waals surface area contributed by atoms with Crippen LogP contribution in [0.2, 0.25) is 0 Å². The van der Waals surface area contributed by atoms with Crippen LogP contribution in [0.25, 0.3) is 16.9 Å². The molecule has 1 N–H and O–H groups in total. The molecule has 2 aromatic heterocycles. The third kappa shape index (κ3) is 5.09. The van der Waals surface area contributed by atoms with E-state index < -0.39 is 0 Å². The van der Waals surface area contributed by atoms with Crippen molar-refractivity contribution < 1.29 is 14.3 Å². The largest absolute Gasteiger partial charge is 0.494 e. The molecule has 4 rings (SSSR count). The summed E-state index contributed by atoms with van der Waals surface area (Å²) in [6.45, 7) is 10.0. The Morgan fingerprint density at radius 2 is 1.82 bits per heavy atom. The van der Waals surface area contributed by atoms with Crippen molar-refractivity contribution in [2.45, 2.75) is 64.6 Å². The Balaban J connectivity index is 1.81. The summed E-state index contributed by atoms with van der Waals surface area (Å²) in [6.07, 6.45) is 3.53. The predicted octanol–water partition coefficient (Wildman–Crippen LogP) is 5.35. The van der Waals surface area contributed by atoms with Crippen molar-refractivity contribution in [3.63, 3.8) is 0 Å². The van der Waals surface area contributed by atoms with E-state index in [0.29, 0.717) is 5.82 Å². The Labute approximate surface area is 195 Å². The molecule has 0 atom stereocenters. The number of hydrogen-bond acceptors (Lipinski definition) is 5. The molecule has 3 aromatic rings. The molecule has 33 heavy (non-hydrogen) atoms. The highest BCUT2D eigenvalue weighted by atomic mass is 16.5. The van der Waals surface area contributed by atoms with Crippen molar-refractivity contribution in [1.82, 2.24) is 14.8 Å². The topological polar surface area (TPSA) is 78.3 Å². The number of methoxy groups -OCH3 is 1. The fraction of sp³-hybridized carbons (Fsp3) is 0.423. The molecule has 1 saturated heterocycles. The van der Waals surface area contributed by atoms with E-state index in [4.69, 9.17) is 14.6 Å². The predicted molar refractivity (Wildman–Crippen MR) is 129 cm³/mol. The number of aromatic nitrogens is 3. The van der Waals surface area contributed by atoms with Gasteiger partial charge in [0, 0.05) is 24.6 Å². The lowest BCUT2D eigenvalue weighted by atomic mass is 9.79. The zero-order valence-electron chi connectivity index (χ0n) is 20.2. The summed E-state index contributed by atoms with van der Waals surface area (Å²) >= 11 is 0. The van der Waals surface area contributed by atoms with Gasteiger partial charge in [0.1, 0.15) is 17.3 Å². The monoisotopic (exact) mass is 448 g/mol. The number of hydrogen-bond donors (Lipinski definition) is 1. The fourth-order valence-corrected chi connectivity index (χ4v) is 4.89. The molecule has 0 spiro atoms. The third-order valence-electron chi connectivity index (χ3n) is 5.85. The summed E-state index contributed by atoms with van der Waals surface area (Å²) in [5.41, 5.74) is 3.23. The zero-order chi connectivity index (χ0) is 23.8. The maximum atomic E-state index is 11.4. The van der Waals surface area contributed by atoms with E-state index in [-0.39, 0.29) is 23.0 Å². The van der Waals surface area contributed by atoms with Gasteiger partial charge in [-0.25, -0.2) is 9.67 Å². The molecular formula is C26H32N4O3. The number of carbonyl (C=O) groups excluding carboxylic acids is 1. The Morgan fingerprint density at radius 3 is 2.42 bits per heavy atom. The lowest BCUT2D eigenvalue weighted by Crippen LogP contribution is -2.44. The van der Waals surface area contributed by atoms with Gasteiger partial charge in [0.2, 0.25) is 5.91 Å². The van der Waals surface area contributed by atoms with Crippen LogP contribution >= 0.6 is 0 Å². The molecule has 7 heteroatoms. The van der Waals surface area contributed by atoms with Crippen LogP contribution in [0.15, 0.2) is 48.7 Å². The number of benzene rings is 1. The molecule has 0 unspecified atom stereocenters. The first-order chi connectivity index (χ1) is 15.6. The summed E-state index contributed by atoms with van der Waals surface area (Å²) in [4.78, 5) is 15.8. The number of amides is 1. The fourth-order valence-electron chi connectivity index (χ4n) is 4.89. The van der Waals surface area contributed by atoms with Crippen LogP contribution in [0, 0.1) is 0 Å². The Kier molecular flexibility index (Phi) is 6.01. The van der Waals surface area contributed by atoms with Crippen molar-refractivity contribution in [3.8, 4) is 22.7 Å². The second-order valence-corrected chi connectivity index (χ2v) is 9.88. The highest BCUT2D eigenvalue weighted by Gasteiger charge is 2.41. The van der Waals surface area contributed by atoms with Crippen LogP contribution in [-0.2, 0) is 9.53 Å². The van der Waals surface area contributed by atoms with Gasteiger partial charge in [-0.15, -0.1) is 0 Å². The summed E-state index contributed by atoms with van der Waals surface area (Å²) in [6, 6.07) is 13.7. The normalized spacial score (nSPS) is 17.5. The summed E-state index contributed by atoms with van der Waals surface area (Å²) in [5, 5.41) is 7.79. The average Bonchev–Trinajstić information content (AvgIpc) is 3.17. The van der Waals surface area contributed by atoms with Gasteiger partial charge >= 0.3 is 0 Å². The minimum Gasteiger partial charge on any atom is -0.494 e. The van der Waals surface area contributed by atoms with Crippen LogP contribution in [0.3, 0.4) is 0 Å². The van der Waals surface area contributed by atoms with Gasteiger partial charge in [0.25, 0.3) is 0 Å². The lowest BCUT2D eigenvalue weighted by Gasteiger charge is -2.45. The van der Waals surface area contributed by atoms with E-state index in [0.717, 1.165) is 41.2 Å². The van der Waals surface area contributed by atoms with Crippen molar-refractivity contribution in [1.29, 1.82) is 0 Å². The second kappa shape index (κ2) is 8.63. The maximum Gasteiger partial charge on any atom is 0.222 e. The molecule has 0 aliphatic carbocycles. The first kappa shape index (κ1) is 23.0. The number of carbonyl (C=O) groups is 1. The molecule has 1 amide bonds. The van der Waals surface area contributed by atoms with Gasteiger partial charge in [-0.05, 0) is 70.9 Å². The van der Waals surface area contributed by atoms with E-state index in [1.54, 1.807) is 19.4 Å². The van der Waals surface area contributed by atoms with Crippen LogP contribution in [-0.4, -0.2) is 39.0 Å². The second-order valence-electron chi connectivity index (χ2n) is 9.88. The quantitative estimate of drug-likeness (QED) is 0.569. The number of rotatable bonds is 5. The zero-order valence-corrected chi connectivity index (χ0v) is 20.2. The first-order valence-corrected chi connectivity index (χ1v) is 11.2. The molecule has 3 heterocycles. The minimum absolute atomic E-state index is 0.152. The van der Waals surface area contributed by atoms with E-state index in [1.807, 2.05) is 35.0 Å². The average molecular weight is 449 g/mol. The van der Waals surface area contributed by atoms with Crippen molar-refractivity contribution in [2.24, 2.45) is 0 Å². The number of ether oxygens (including phenoxy) is 2. The van der Waals surface area contributed by atoms with Crippen LogP contribution < -0.4 is 10.1 Å². The third-order valence-corrected chi connectivity index (χ3v) is 5.85. The van der Waals surface area contributed by atoms with Crippen LogP contribution in [0.5, 0.6) is 5.75 Å². The van der Waals surface area contributed by atoms with Crippen LogP contribution in [0.1, 0.15) is 59.1 Å². The van der Waals surface area contributed by atoms with Crippen molar-refractivity contribution in [2.75, 3.05) is 12.4 Å². The molecule has 0 bridgehead atoms. The van der Waals surface area contributed by atoms with Gasteiger partial charge in [-0.1, -0.05) is 12.1 Å². The molecule has 1 fully saturated rings. The maximum absolute atomic E-state index is 11.4. The SMILES string of the molecule is COc1ccccc1-n1nc(C2CC(C)(C)OC(C)(C)C2)cc1-c1ccc(NC(C)=O)nc1. The Morgan fingerprint density at radius 1 is 1.12 bits per heavy atom. The van der Waals surface area contributed by atoms with Gasteiger partial charge in [-0.3, -0.25) is 4.79 Å². The molecule has 0 radical (unpaired) electrons. The van der Waals surface area contributed by atoms with Gasteiger partial charge < -0.3 is 14.8 Å². The van der Waals surface area contributed by atoms with E-state index in [1.165, 1.54) is 6.92 Å². The number of anilines is 1. The molecule has 174 valence electrons. The van der Waals surface area contributed by atoms with E-state index in [9.17, 15) is 4.79 Å². The molecule has 1 aliphatic heterocycles. The first-order valence-electron chi connectivity index (χ1n) is 11.2. The van der Waals surface area contributed by atoms with Gasteiger partial charge in [0.05, 0.1) is 29.7 Å². The summed E-state index contributed by atoms with van der Waals surface area (Å²) in [5.74, 6) is 1.36. The van der Waals surface area contributed by atoms with Crippen molar-refractivity contribution in [3.05, 3.63) is 54.4 Å². The molecule has 0 saturated carbocycles. The minimum atomic E-state index is -0.234. The molecule has 1 aromatic carbocycles. The molecule has 1 aliphatic rings. The van der Waals surface area contributed by atoms with Gasteiger partial charge in [-0.2, -0.15) is 5.10 Å². The lowest BCUT2D eigenvalue weighted by molar-refractivity contribution is -0.162. The van der Waals surface area contributed by atoms with Gasteiger partial charge in [0.15, 0.2) is 0 Å². The number of nitrogens with zero attached hydrogens (tertiary/aromatic N) is 3. The Hall–Kier alpha value is -3.19. The summed E-state index contributed by atoms with van der Waals surface area (Å²) < 4.78 is 13.9. The van der Waals surface area contributed by atoms with Crippen molar-refractivity contribution >= 4 is 11.7 Å². The number of nitrogens with one attached hydrogen (secondary N) is 1. The summed E-state index contributed by atoms with van der Waals surface area (Å²) in [7, 11) is 1.66. The highest BCUT2D eigenvalue weighted by molar-refractivity contribution is 5.87. The van der Waals surface area contributed by atoms with E-state index >= 15 is 0 Å². The smallest absolute Gasteiger partial charge is 0.222 e. The molecular weight excluding hydrogens is 416 g/mol. The highest BCUT2D eigenvalue weighted by Crippen LogP contribution is 2.44. The number of para-hydroxylation sites is 2.